The van der Waals surface area contributed by atoms with Gasteiger partial charge < -0.3 is 10.3 Å². The molecule has 2 heterocycles. The molecule has 8 heteroatoms. The first-order chi connectivity index (χ1) is 12.5. The third kappa shape index (κ3) is 3.76. The number of pyridine rings is 1. The molecule has 0 aliphatic rings. The highest BCUT2D eigenvalue weighted by Gasteiger charge is 2.24. The Morgan fingerprint density at radius 1 is 1.38 bits per heavy atom. The first-order valence-electron chi connectivity index (χ1n) is 7.99. The highest BCUT2D eigenvalue weighted by Crippen LogP contribution is 2.28. The van der Waals surface area contributed by atoms with E-state index in [1.165, 1.54) is 12.3 Å². The Bertz CT molecular complexity index is 961. The van der Waals surface area contributed by atoms with Gasteiger partial charge in [0.25, 0.3) is 0 Å². The largest absolute Gasteiger partial charge is 0.374 e. The van der Waals surface area contributed by atoms with Gasteiger partial charge in [0.05, 0.1) is 17.1 Å². The van der Waals surface area contributed by atoms with Crippen LogP contribution >= 0.6 is 27.7 Å². The van der Waals surface area contributed by atoms with Crippen LogP contribution in [0.25, 0.3) is 11.0 Å². The van der Waals surface area contributed by atoms with Crippen molar-refractivity contribution in [3.05, 3.63) is 57.8 Å². The minimum Gasteiger partial charge on any atom is -0.374 e. The second-order valence-electron chi connectivity index (χ2n) is 5.59. The molecule has 4 nitrogen and oxygen atoms in total. The number of hydrogen-bond donors (Lipinski definition) is 2. The number of ketones is 1. The van der Waals surface area contributed by atoms with E-state index in [-0.39, 0.29) is 11.3 Å². The minimum atomic E-state index is -0.892. The van der Waals surface area contributed by atoms with Gasteiger partial charge in [0.1, 0.15) is 11.5 Å². The lowest BCUT2D eigenvalue weighted by Gasteiger charge is -2.11. The van der Waals surface area contributed by atoms with Gasteiger partial charge >= 0.3 is 0 Å². The van der Waals surface area contributed by atoms with E-state index in [0.717, 1.165) is 18.2 Å². The summed E-state index contributed by atoms with van der Waals surface area (Å²) in [5.74, 6) is -1.09. The molecule has 3 rings (SSSR count). The van der Waals surface area contributed by atoms with Crippen molar-refractivity contribution in [2.24, 2.45) is 0 Å². The molecular weight excluding hydrogens is 424 g/mol. The highest BCUT2D eigenvalue weighted by atomic mass is 79.9. The number of halogens is 3. The Balaban J connectivity index is 1.96. The topological polar surface area (TPSA) is 57.8 Å². The minimum absolute atomic E-state index is 0.109. The van der Waals surface area contributed by atoms with E-state index in [0.29, 0.717) is 21.4 Å². The second-order valence-corrected chi connectivity index (χ2v) is 7.62. The molecule has 0 unspecified atom stereocenters. The van der Waals surface area contributed by atoms with Gasteiger partial charge in [-0.3, -0.25) is 4.79 Å². The third-order valence-electron chi connectivity index (χ3n) is 3.77. The smallest absolute Gasteiger partial charge is 0.201 e. The lowest BCUT2D eigenvalue weighted by Crippen LogP contribution is -2.10. The first kappa shape index (κ1) is 18.8. The van der Waals surface area contributed by atoms with Crippen molar-refractivity contribution >= 4 is 50.2 Å². The van der Waals surface area contributed by atoms with Gasteiger partial charge in [0, 0.05) is 27.8 Å². The lowest BCUT2D eigenvalue weighted by molar-refractivity contribution is 0.103. The molecule has 2 N–H and O–H groups in total. The van der Waals surface area contributed by atoms with Crippen molar-refractivity contribution in [1.82, 2.24) is 9.97 Å². The Hall–Kier alpha value is -1.93. The predicted molar refractivity (Wildman–Crippen MR) is 105 cm³/mol. The number of fused-ring (bicyclic) bond motifs is 1. The van der Waals surface area contributed by atoms with Crippen LogP contribution in [0.1, 0.15) is 29.3 Å². The number of nitrogens with one attached hydrogen (secondary N) is 2. The van der Waals surface area contributed by atoms with Crippen molar-refractivity contribution in [3.63, 3.8) is 0 Å². The molecule has 0 saturated heterocycles. The Morgan fingerprint density at radius 3 is 2.96 bits per heavy atom. The predicted octanol–water partition coefficient (Wildman–Crippen LogP) is 5.35. The molecule has 0 spiro atoms. The molecule has 1 aromatic carbocycles. The fourth-order valence-electron chi connectivity index (χ4n) is 2.54. The van der Waals surface area contributed by atoms with Gasteiger partial charge in [-0.05, 0) is 46.3 Å². The highest BCUT2D eigenvalue weighted by molar-refractivity contribution is 9.10. The van der Waals surface area contributed by atoms with Crippen LogP contribution in [0.3, 0.4) is 0 Å². The van der Waals surface area contributed by atoms with Crippen molar-refractivity contribution < 1.29 is 13.6 Å². The summed E-state index contributed by atoms with van der Waals surface area (Å²) in [7, 11) is 0. The van der Waals surface area contributed by atoms with Gasteiger partial charge in [-0.15, -0.1) is 11.8 Å². The molecule has 0 aliphatic carbocycles. The van der Waals surface area contributed by atoms with E-state index < -0.39 is 23.0 Å². The monoisotopic (exact) mass is 439 g/mol. The summed E-state index contributed by atoms with van der Waals surface area (Å²) in [5, 5.41) is 3.40. The molecule has 26 heavy (non-hydrogen) atoms. The number of rotatable bonds is 7. The van der Waals surface area contributed by atoms with E-state index in [1.54, 1.807) is 24.0 Å². The van der Waals surface area contributed by atoms with Crippen molar-refractivity contribution in [2.45, 2.75) is 13.3 Å². The molecule has 136 valence electrons. The zero-order chi connectivity index (χ0) is 18.7. The summed E-state index contributed by atoms with van der Waals surface area (Å²) in [6.07, 6.45) is 4.00. The summed E-state index contributed by atoms with van der Waals surface area (Å²) in [6.45, 7) is 2.05. The third-order valence-corrected chi connectivity index (χ3v) is 5.25. The van der Waals surface area contributed by atoms with E-state index in [9.17, 15) is 13.6 Å². The van der Waals surface area contributed by atoms with E-state index in [2.05, 4.69) is 38.1 Å². The van der Waals surface area contributed by atoms with Crippen LogP contribution in [0.15, 0.2) is 35.1 Å². The van der Waals surface area contributed by atoms with Crippen LogP contribution < -0.4 is 5.32 Å². The van der Waals surface area contributed by atoms with Crippen molar-refractivity contribution in [3.8, 4) is 0 Å². The number of benzene rings is 1. The summed E-state index contributed by atoms with van der Waals surface area (Å²) >= 11 is 4.89. The number of aromatic amines is 1. The van der Waals surface area contributed by atoms with Gasteiger partial charge in [-0.1, -0.05) is 6.92 Å². The summed E-state index contributed by atoms with van der Waals surface area (Å²) < 4.78 is 29.7. The van der Waals surface area contributed by atoms with Crippen LogP contribution in [0.5, 0.6) is 0 Å². The number of thioether (sulfide) groups is 1. The number of carbonyl (C=O) groups is 1. The number of hydrogen-bond acceptors (Lipinski definition) is 4. The zero-order valence-electron chi connectivity index (χ0n) is 13.9. The zero-order valence-corrected chi connectivity index (χ0v) is 16.3. The maximum atomic E-state index is 14.8. The van der Waals surface area contributed by atoms with Crippen LogP contribution in [0.4, 0.5) is 14.5 Å². The lowest BCUT2D eigenvalue weighted by atomic mass is 10.0. The summed E-state index contributed by atoms with van der Waals surface area (Å²) in [5.41, 5.74) is 0.181. The van der Waals surface area contributed by atoms with Gasteiger partial charge in [-0.2, -0.15) is 0 Å². The number of H-pyrrole nitrogens is 1. The van der Waals surface area contributed by atoms with E-state index in [1.807, 2.05) is 0 Å². The molecule has 0 fully saturated rings. The Labute approximate surface area is 161 Å². The summed E-state index contributed by atoms with van der Waals surface area (Å²) in [4.78, 5) is 19.8. The quantitative estimate of drug-likeness (QED) is 0.296. The van der Waals surface area contributed by atoms with E-state index >= 15 is 0 Å². The molecule has 2 aromatic heterocycles. The number of carbonyl (C=O) groups excluding carboxylic acids is 1. The molecule has 0 aliphatic heterocycles. The normalized spacial score (nSPS) is 11.1. The van der Waals surface area contributed by atoms with Crippen LogP contribution in [0, 0.1) is 11.6 Å². The van der Waals surface area contributed by atoms with Gasteiger partial charge in [0.2, 0.25) is 5.78 Å². The van der Waals surface area contributed by atoms with Crippen molar-refractivity contribution in [2.75, 3.05) is 16.9 Å². The fourth-order valence-corrected chi connectivity index (χ4v) is 3.56. The van der Waals surface area contributed by atoms with Crippen LogP contribution in [0.2, 0.25) is 0 Å². The molecular formula is C18H16BrF2N3OS. The molecule has 0 atom stereocenters. The molecule has 0 radical (unpaired) electrons. The van der Waals surface area contributed by atoms with Crippen LogP contribution in [-0.4, -0.2) is 27.4 Å². The van der Waals surface area contributed by atoms with E-state index in [4.69, 9.17) is 0 Å². The Kier molecular flexibility index (Phi) is 5.93. The number of nitrogens with zero attached hydrogens (tertiary/aromatic N) is 1. The maximum absolute atomic E-state index is 14.8. The standard InChI is InChI=1S/C18H16BrF2N3OS/c1-2-5-26-9-24-14-4-3-13(20)15(16(14)21)17(25)12-8-23-18-11(12)6-10(19)7-22-18/h3-4,6-8,24H,2,5,9H2,1H3,(H,22,23). The van der Waals surface area contributed by atoms with Crippen LogP contribution in [-0.2, 0) is 0 Å². The average Bonchev–Trinajstić information content (AvgIpc) is 3.03. The molecule has 0 saturated carbocycles. The first-order valence-corrected chi connectivity index (χ1v) is 9.94. The van der Waals surface area contributed by atoms with Crippen molar-refractivity contribution in [1.29, 1.82) is 0 Å². The molecule has 0 amide bonds. The van der Waals surface area contributed by atoms with Gasteiger partial charge in [0.15, 0.2) is 5.82 Å². The summed E-state index contributed by atoms with van der Waals surface area (Å²) in [6, 6.07) is 4.10. The average molecular weight is 440 g/mol. The maximum Gasteiger partial charge on any atom is 0.201 e. The SMILES string of the molecule is CCCSCNc1ccc(F)c(C(=O)c2c[nH]c3ncc(Br)cc23)c1F. The fraction of sp³-hybridized carbons (Fsp3) is 0.222. The number of aromatic nitrogens is 2. The molecule has 0 bridgehead atoms. The Morgan fingerprint density at radius 2 is 2.19 bits per heavy atom. The molecule has 3 aromatic rings. The second kappa shape index (κ2) is 8.18. The van der Waals surface area contributed by atoms with Gasteiger partial charge in [-0.25, -0.2) is 13.8 Å². The number of anilines is 1.